The molecule has 0 radical (unpaired) electrons. The van der Waals surface area contributed by atoms with Crippen LogP contribution < -0.4 is 5.32 Å². The number of anilines is 1. The van der Waals surface area contributed by atoms with Crippen molar-refractivity contribution in [3.05, 3.63) is 67.8 Å². The summed E-state index contributed by atoms with van der Waals surface area (Å²) >= 11 is 0. The van der Waals surface area contributed by atoms with Crippen molar-refractivity contribution in [2.24, 2.45) is 0 Å². The molecule has 2 aromatic carbocycles. The second-order valence-electron chi connectivity index (χ2n) is 4.64. The van der Waals surface area contributed by atoms with Crippen LogP contribution in [0.1, 0.15) is 15.9 Å². The zero-order valence-corrected chi connectivity index (χ0v) is 11.8. The summed E-state index contributed by atoms with van der Waals surface area (Å²) in [6.45, 7) is 1.73. The molecular formula is C14H11N3O6. The number of phenolic OH excluding ortho intramolecular Hbond substituents is 1. The highest BCUT2D eigenvalue weighted by Crippen LogP contribution is 2.34. The van der Waals surface area contributed by atoms with Crippen LogP contribution in [0, 0.1) is 27.2 Å². The van der Waals surface area contributed by atoms with E-state index in [4.69, 9.17) is 0 Å². The predicted octanol–water partition coefficient (Wildman–Crippen LogP) is 2.77. The van der Waals surface area contributed by atoms with E-state index < -0.39 is 38.4 Å². The minimum Gasteiger partial charge on any atom is -0.502 e. The Hall–Kier alpha value is -3.49. The molecule has 0 unspecified atom stereocenters. The third kappa shape index (κ3) is 3.23. The fourth-order valence-corrected chi connectivity index (χ4v) is 1.92. The number of hydrogen-bond donors (Lipinski definition) is 2. The van der Waals surface area contributed by atoms with Crippen LogP contribution in [0.25, 0.3) is 0 Å². The number of nitrogens with zero attached hydrogens (tertiary/aromatic N) is 2. The Morgan fingerprint density at radius 1 is 1.13 bits per heavy atom. The van der Waals surface area contributed by atoms with E-state index in [9.17, 15) is 30.1 Å². The summed E-state index contributed by atoms with van der Waals surface area (Å²) in [5, 5.41) is 34.0. The summed E-state index contributed by atoms with van der Waals surface area (Å²) < 4.78 is 0. The second kappa shape index (κ2) is 6.10. The first-order chi connectivity index (χ1) is 10.8. The molecule has 0 bridgehead atoms. The molecule has 0 spiro atoms. The Morgan fingerprint density at radius 2 is 1.78 bits per heavy atom. The number of benzene rings is 2. The lowest BCUT2D eigenvalue weighted by Crippen LogP contribution is -2.14. The Labute approximate surface area is 129 Å². The summed E-state index contributed by atoms with van der Waals surface area (Å²) in [4.78, 5) is 32.1. The highest BCUT2D eigenvalue weighted by Gasteiger charge is 2.27. The van der Waals surface area contributed by atoms with E-state index in [1.54, 1.807) is 31.2 Å². The summed E-state index contributed by atoms with van der Waals surface area (Å²) in [6, 6.07) is 8.12. The van der Waals surface area contributed by atoms with E-state index in [1.807, 2.05) is 0 Å². The molecule has 1 amide bonds. The number of nitro groups is 2. The van der Waals surface area contributed by atoms with E-state index in [0.29, 0.717) is 11.8 Å². The molecular weight excluding hydrogens is 306 g/mol. The average Bonchev–Trinajstić information content (AvgIpc) is 2.49. The number of carbonyl (C=O) groups is 1. The molecule has 0 atom stereocenters. The SMILES string of the molecule is Cc1ccccc1NC(=O)c1cc([N+](=O)[O-])cc([N+](=O)[O-])c1O. The highest BCUT2D eigenvalue weighted by molar-refractivity contribution is 6.07. The van der Waals surface area contributed by atoms with Gasteiger partial charge in [-0.3, -0.25) is 25.0 Å². The molecule has 0 heterocycles. The van der Waals surface area contributed by atoms with E-state index in [-0.39, 0.29) is 0 Å². The zero-order valence-electron chi connectivity index (χ0n) is 11.8. The first-order valence-corrected chi connectivity index (χ1v) is 6.34. The number of nitro benzene ring substituents is 2. The van der Waals surface area contributed by atoms with Crippen molar-refractivity contribution in [2.75, 3.05) is 5.32 Å². The fraction of sp³-hybridized carbons (Fsp3) is 0.0714. The highest BCUT2D eigenvalue weighted by atomic mass is 16.6. The molecule has 0 aliphatic rings. The maximum atomic E-state index is 12.2. The van der Waals surface area contributed by atoms with Gasteiger partial charge in [-0.05, 0) is 18.6 Å². The quantitative estimate of drug-likeness (QED) is 0.657. The van der Waals surface area contributed by atoms with Crippen molar-refractivity contribution < 1.29 is 19.7 Å². The number of para-hydroxylation sites is 1. The van der Waals surface area contributed by atoms with Crippen molar-refractivity contribution in [3.63, 3.8) is 0 Å². The third-order valence-electron chi connectivity index (χ3n) is 3.12. The molecule has 0 aromatic heterocycles. The molecule has 2 N–H and O–H groups in total. The number of aryl methyl sites for hydroxylation is 1. The van der Waals surface area contributed by atoms with Gasteiger partial charge in [0.15, 0.2) is 0 Å². The topological polar surface area (TPSA) is 136 Å². The van der Waals surface area contributed by atoms with Crippen molar-refractivity contribution in [2.45, 2.75) is 6.92 Å². The van der Waals surface area contributed by atoms with Crippen LogP contribution in [0.15, 0.2) is 36.4 Å². The van der Waals surface area contributed by atoms with Gasteiger partial charge in [0.05, 0.1) is 21.5 Å². The Morgan fingerprint density at radius 3 is 2.35 bits per heavy atom. The van der Waals surface area contributed by atoms with Gasteiger partial charge in [0.2, 0.25) is 5.75 Å². The lowest BCUT2D eigenvalue weighted by molar-refractivity contribution is -0.394. The van der Waals surface area contributed by atoms with Gasteiger partial charge in [-0.2, -0.15) is 0 Å². The zero-order chi connectivity index (χ0) is 17.1. The van der Waals surface area contributed by atoms with Crippen LogP contribution in [0.5, 0.6) is 5.75 Å². The molecule has 2 aromatic rings. The third-order valence-corrected chi connectivity index (χ3v) is 3.12. The van der Waals surface area contributed by atoms with Crippen LogP contribution in [-0.4, -0.2) is 20.9 Å². The lowest BCUT2D eigenvalue weighted by atomic mass is 10.1. The first kappa shape index (κ1) is 15.9. The van der Waals surface area contributed by atoms with Gasteiger partial charge < -0.3 is 10.4 Å². The van der Waals surface area contributed by atoms with Crippen LogP contribution >= 0.6 is 0 Å². The van der Waals surface area contributed by atoms with Gasteiger partial charge in [0.1, 0.15) is 0 Å². The molecule has 9 nitrogen and oxygen atoms in total. The summed E-state index contributed by atoms with van der Waals surface area (Å²) in [5.41, 5.74) is -0.973. The predicted molar refractivity (Wildman–Crippen MR) is 80.5 cm³/mol. The molecule has 0 aliphatic heterocycles. The van der Waals surface area contributed by atoms with Gasteiger partial charge in [0, 0.05) is 11.8 Å². The molecule has 9 heteroatoms. The summed E-state index contributed by atoms with van der Waals surface area (Å²) in [7, 11) is 0. The number of nitrogens with one attached hydrogen (secondary N) is 1. The second-order valence-corrected chi connectivity index (χ2v) is 4.64. The minimum atomic E-state index is -0.993. The molecule has 0 fully saturated rings. The largest absolute Gasteiger partial charge is 0.502 e. The van der Waals surface area contributed by atoms with E-state index in [1.165, 1.54) is 0 Å². The van der Waals surface area contributed by atoms with Crippen LogP contribution in [0.4, 0.5) is 17.1 Å². The number of carbonyl (C=O) groups excluding carboxylic acids is 1. The van der Waals surface area contributed by atoms with Crippen LogP contribution in [0.3, 0.4) is 0 Å². The molecule has 118 valence electrons. The standard InChI is InChI=1S/C14H11N3O6/c1-8-4-2-3-5-11(8)15-14(19)10-6-9(16(20)21)7-12(13(10)18)17(22)23/h2-7,18H,1H3,(H,15,19). The van der Waals surface area contributed by atoms with Crippen molar-refractivity contribution >= 4 is 23.0 Å². The van der Waals surface area contributed by atoms with Gasteiger partial charge in [-0.1, -0.05) is 18.2 Å². The molecule has 23 heavy (non-hydrogen) atoms. The van der Waals surface area contributed by atoms with Crippen LogP contribution in [0.2, 0.25) is 0 Å². The molecule has 0 saturated heterocycles. The number of phenols is 1. The first-order valence-electron chi connectivity index (χ1n) is 6.34. The number of hydrogen-bond acceptors (Lipinski definition) is 6. The number of amides is 1. The smallest absolute Gasteiger partial charge is 0.318 e. The van der Waals surface area contributed by atoms with Crippen molar-refractivity contribution in [1.82, 2.24) is 0 Å². The van der Waals surface area contributed by atoms with Crippen molar-refractivity contribution in [3.8, 4) is 5.75 Å². The Balaban J connectivity index is 2.49. The van der Waals surface area contributed by atoms with Crippen molar-refractivity contribution in [1.29, 1.82) is 0 Å². The van der Waals surface area contributed by atoms with E-state index >= 15 is 0 Å². The number of non-ortho nitro benzene ring substituents is 1. The normalized spacial score (nSPS) is 10.1. The monoisotopic (exact) mass is 317 g/mol. The van der Waals surface area contributed by atoms with Gasteiger partial charge in [-0.25, -0.2) is 0 Å². The average molecular weight is 317 g/mol. The number of rotatable bonds is 4. The Bertz CT molecular complexity index is 818. The Kier molecular flexibility index (Phi) is 4.21. The van der Waals surface area contributed by atoms with Gasteiger partial charge in [-0.15, -0.1) is 0 Å². The minimum absolute atomic E-state index is 0.422. The van der Waals surface area contributed by atoms with Crippen LogP contribution in [-0.2, 0) is 0 Å². The van der Waals surface area contributed by atoms with E-state index in [0.717, 1.165) is 11.6 Å². The van der Waals surface area contributed by atoms with Gasteiger partial charge in [0.25, 0.3) is 11.6 Å². The summed E-state index contributed by atoms with van der Waals surface area (Å²) in [5.74, 6) is -1.81. The molecule has 0 saturated carbocycles. The van der Waals surface area contributed by atoms with Gasteiger partial charge >= 0.3 is 5.69 Å². The maximum absolute atomic E-state index is 12.2. The fourth-order valence-electron chi connectivity index (χ4n) is 1.92. The maximum Gasteiger partial charge on any atom is 0.318 e. The van der Waals surface area contributed by atoms with E-state index in [2.05, 4.69) is 5.32 Å². The molecule has 2 rings (SSSR count). The summed E-state index contributed by atoms with van der Waals surface area (Å²) in [6.07, 6.45) is 0. The lowest BCUT2D eigenvalue weighted by Gasteiger charge is -2.09. The number of aromatic hydroxyl groups is 1. The molecule has 0 aliphatic carbocycles.